The average Bonchev–Trinajstić information content (AvgIpc) is 2.64. The van der Waals surface area contributed by atoms with Gasteiger partial charge in [-0.05, 0) is 43.9 Å². The molecule has 1 saturated carbocycles. The lowest BCUT2D eigenvalue weighted by Crippen LogP contribution is -2.48. The zero-order chi connectivity index (χ0) is 18.5. The van der Waals surface area contributed by atoms with E-state index in [-0.39, 0.29) is 18.2 Å². The predicted octanol–water partition coefficient (Wildman–Crippen LogP) is 4.03. The molecule has 1 fully saturated rings. The Morgan fingerprint density at radius 3 is 2.69 bits per heavy atom. The molecule has 0 aromatic heterocycles. The molecule has 26 heavy (non-hydrogen) atoms. The molecule has 136 valence electrons. The van der Waals surface area contributed by atoms with Crippen molar-refractivity contribution in [2.45, 2.75) is 37.8 Å². The second kappa shape index (κ2) is 8.35. The molecule has 1 aliphatic carbocycles. The van der Waals surface area contributed by atoms with Crippen molar-refractivity contribution in [2.75, 3.05) is 0 Å². The quantitative estimate of drug-likeness (QED) is 0.813. The van der Waals surface area contributed by atoms with Crippen molar-refractivity contribution in [3.05, 3.63) is 52.3 Å². The van der Waals surface area contributed by atoms with Crippen molar-refractivity contribution in [1.82, 2.24) is 15.8 Å². The van der Waals surface area contributed by atoms with Gasteiger partial charge < -0.3 is 10.1 Å². The number of carbonyl (C=O) groups excluding carboxylic acids is 1. The summed E-state index contributed by atoms with van der Waals surface area (Å²) in [5.41, 5.74) is 3.23. The first-order chi connectivity index (χ1) is 12.5. The third-order valence-electron chi connectivity index (χ3n) is 4.31. The Morgan fingerprint density at radius 1 is 1.31 bits per heavy atom. The van der Waals surface area contributed by atoms with Crippen LogP contribution in [-0.2, 0) is 0 Å². The van der Waals surface area contributed by atoms with Gasteiger partial charge in [-0.1, -0.05) is 23.2 Å². The van der Waals surface area contributed by atoms with Gasteiger partial charge in [-0.2, -0.15) is 5.26 Å². The minimum Gasteiger partial charge on any atom is -0.490 e. The number of hydrazine groups is 1. The van der Waals surface area contributed by atoms with E-state index >= 15 is 0 Å². The summed E-state index contributed by atoms with van der Waals surface area (Å²) in [5.74, 6) is 0.660. The number of urea groups is 1. The Labute approximate surface area is 162 Å². The van der Waals surface area contributed by atoms with Gasteiger partial charge in [0.1, 0.15) is 11.8 Å². The zero-order valence-electron chi connectivity index (χ0n) is 13.9. The van der Waals surface area contributed by atoms with Gasteiger partial charge in [0, 0.05) is 24.5 Å². The number of ether oxygens (including phenoxy) is 1. The molecule has 8 heteroatoms. The molecule has 0 saturated heterocycles. The van der Waals surface area contributed by atoms with Crippen molar-refractivity contribution in [3.63, 3.8) is 0 Å². The van der Waals surface area contributed by atoms with E-state index in [1.165, 1.54) is 5.01 Å². The summed E-state index contributed by atoms with van der Waals surface area (Å²) in [6.45, 7) is 0. The molecule has 3 rings (SSSR count). The number of carbonyl (C=O) groups is 1. The van der Waals surface area contributed by atoms with Crippen LogP contribution in [0.5, 0.6) is 5.75 Å². The van der Waals surface area contributed by atoms with Crippen molar-refractivity contribution >= 4 is 29.2 Å². The maximum absolute atomic E-state index is 12.2. The van der Waals surface area contributed by atoms with Crippen LogP contribution in [-0.4, -0.2) is 23.2 Å². The summed E-state index contributed by atoms with van der Waals surface area (Å²) in [6, 6.07) is 6.99. The SMILES string of the molecule is N#Cc1ccc(OC2CCC(NC(=O)N3C=CC(Cl)=CN3)CC2)cc1Cl. The van der Waals surface area contributed by atoms with Gasteiger partial charge in [0.25, 0.3) is 0 Å². The molecule has 0 radical (unpaired) electrons. The third kappa shape index (κ3) is 4.63. The molecular formula is C18H18Cl2N4O2. The maximum Gasteiger partial charge on any atom is 0.340 e. The van der Waals surface area contributed by atoms with Gasteiger partial charge in [0.2, 0.25) is 0 Å². The van der Waals surface area contributed by atoms with Crippen LogP contribution in [0, 0.1) is 11.3 Å². The molecule has 0 atom stereocenters. The van der Waals surface area contributed by atoms with Crippen molar-refractivity contribution in [2.24, 2.45) is 0 Å². The highest BCUT2D eigenvalue weighted by molar-refractivity contribution is 6.32. The number of rotatable bonds is 3. The standard InChI is InChI=1S/C18H18Cl2N4O2/c19-13-7-8-24(22-11-13)18(25)23-14-2-5-15(6-3-14)26-16-4-1-12(10-21)17(20)9-16/h1,4,7-9,11,14-15,22H,2-3,5-6H2,(H,23,25). The van der Waals surface area contributed by atoms with Crippen LogP contribution >= 0.6 is 23.2 Å². The zero-order valence-corrected chi connectivity index (χ0v) is 15.4. The minimum atomic E-state index is -0.218. The van der Waals surface area contributed by atoms with E-state index in [1.807, 2.05) is 6.07 Å². The van der Waals surface area contributed by atoms with Crippen LogP contribution in [0.1, 0.15) is 31.2 Å². The van der Waals surface area contributed by atoms with Gasteiger partial charge in [-0.25, -0.2) is 9.80 Å². The largest absolute Gasteiger partial charge is 0.490 e. The molecule has 2 aliphatic rings. The van der Waals surface area contributed by atoms with E-state index in [9.17, 15) is 4.79 Å². The third-order valence-corrected chi connectivity index (χ3v) is 4.86. The maximum atomic E-state index is 12.2. The molecule has 1 aliphatic heterocycles. The van der Waals surface area contributed by atoms with Gasteiger partial charge in [0.15, 0.2) is 0 Å². The average molecular weight is 393 g/mol. The van der Waals surface area contributed by atoms with Crippen LogP contribution in [0.3, 0.4) is 0 Å². The fourth-order valence-electron chi connectivity index (χ4n) is 2.92. The molecule has 6 nitrogen and oxygen atoms in total. The fourth-order valence-corrected chi connectivity index (χ4v) is 3.23. The molecule has 1 aromatic carbocycles. The Bertz CT molecular complexity index is 780. The van der Waals surface area contributed by atoms with Crippen molar-refractivity contribution in [3.8, 4) is 11.8 Å². The lowest BCUT2D eigenvalue weighted by atomic mass is 9.93. The Balaban J connectivity index is 1.46. The van der Waals surface area contributed by atoms with Gasteiger partial charge in [0.05, 0.1) is 21.7 Å². The molecule has 1 heterocycles. The highest BCUT2D eigenvalue weighted by Crippen LogP contribution is 2.27. The number of amides is 2. The van der Waals surface area contributed by atoms with Crippen LogP contribution in [0.15, 0.2) is 41.7 Å². The highest BCUT2D eigenvalue weighted by Gasteiger charge is 2.25. The van der Waals surface area contributed by atoms with Crippen LogP contribution < -0.4 is 15.5 Å². The van der Waals surface area contributed by atoms with Gasteiger partial charge >= 0.3 is 6.03 Å². The Kier molecular flexibility index (Phi) is 5.92. The number of allylic oxidation sites excluding steroid dienone is 2. The number of nitrogens with zero attached hydrogens (tertiary/aromatic N) is 2. The Hall–Kier alpha value is -2.36. The van der Waals surface area contributed by atoms with E-state index in [0.29, 0.717) is 21.4 Å². The van der Waals surface area contributed by atoms with Gasteiger partial charge in [-0.3, -0.25) is 5.43 Å². The van der Waals surface area contributed by atoms with Crippen molar-refractivity contribution < 1.29 is 9.53 Å². The van der Waals surface area contributed by atoms with Crippen molar-refractivity contribution in [1.29, 1.82) is 5.26 Å². The Morgan fingerprint density at radius 2 is 2.08 bits per heavy atom. The number of benzene rings is 1. The fraction of sp³-hybridized carbons (Fsp3) is 0.333. The second-order valence-electron chi connectivity index (χ2n) is 6.14. The van der Waals surface area contributed by atoms with Gasteiger partial charge in [-0.15, -0.1) is 0 Å². The van der Waals surface area contributed by atoms with Crippen LogP contribution in [0.25, 0.3) is 0 Å². The molecule has 2 amide bonds. The normalized spacial score (nSPS) is 22.0. The predicted molar refractivity (Wildman–Crippen MR) is 99.4 cm³/mol. The topological polar surface area (TPSA) is 77.4 Å². The van der Waals surface area contributed by atoms with Crippen LogP contribution in [0.4, 0.5) is 4.79 Å². The second-order valence-corrected chi connectivity index (χ2v) is 6.98. The van der Waals surface area contributed by atoms with E-state index in [2.05, 4.69) is 10.7 Å². The number of hydrogen-bond acceptors (Lipinski definition) is 4. The summed E-state index contributed by atoms with van der Waals surface area (Å²) < 4.78 is 5.95. The molecule has 0 spiro atoms. The minimum absolute atomic E-state index is 0.0712. The number of nitriles is 1. The number of nitrogens with one attached hydrogen (secondary N) is 2. The molecule has 0 unspecified atom stereocenters. The first-order valence-electron chi connectivity index (χ1n) is 8.31. The molecule has 0 bridgehead atoms. The summed E-state index contributed by atoms with van der Waals surface area (Å²) in [7, 11) is 0. The summed E-state index contributed by atoms with van der Waals surface area (Å²) >= 11 is 11.8. The number of hydrogen-bond donors (Lipinski definition) is 2. The van der Waals surface area contributed by atoms with E-state index in [0.717, 1.165) is 25.7 Å². The first-order valence-corrected chi connectivity index (χ1v) is 9.07. The summed E-state index contributed by atoms with van der Waals surface area (Å²) in [6.07, 6.45) is 8.17. The van der Waals surface area contributed by atoms with E-state index < -0.39 is 0 Å². The summed E-state index contributed by atoms with van der Waals surface area (Å²) in [4.78, 5) is 12.2. The first kappa shape index (κ1) is 18.4. The molecule has 2 N–H and O–H groups in total. The lowest BCUT2D eigenvalue weighted by Gasteiger charge is -2.31. The monoisotopic (exact) mass is 392 g/mol. The van der Waals surface area contributed by atoms with E-state index in [4.69, 9.17) is 33.2 Å². The molecular weight excluding hydrogens is 375 g/mol. The van der Waals surface area contributed by atoms with E-state index in [1.54, 1.807) is 36.7 Å². The molecule has 1 aromatic rings. The lowest BCUT2D eigenvalue weighted by molar-refractivity contribution is 0.136. The van der Waals surface area contributed by atoms with Crippen LogP contribution in [0.2, 0.25) is 5.02 Å². The summed E-state index contributed by atoms with van der Waals surface area (Å²) in [5, 5.41) is 14.2. The number of halogens is 2. The smallest absolute Gasteiger partial charge is 0.340 e. The highest BCUT2D eigenvalue weighted by atomic mass is 35.5.